The molecule has 20 heavy (non-hydrogen) atoms. The minimum Gasteiger partial charge on any atom is -0.480 e. The molecule has 7 nitrogen and oxygen atoms in total. The number of hydrogen-bond acceptors (Lipinski definition) is 4. The lowest BCUT2D eigenvalue weighted by Gasteiger charge is -2.33. The molecule has 2 heterocycles. The van der Waals surface area contributed by atoms with Gasteiger partial charge in [0.2, 0.25) is 0 Å². The van der Waals surface area contributed by atoms with E-state index in [1.165, 1.54) is 11.3 Å². The molecule has 2 saturated heterocycles. The summed E-state index contributed by atoms with van der Waals surface area (Å²) >= 11 is 0. The average molecular weight is 285 g/mol. The molecule has 0 aromatic rings. The van der Waals surface area contributed by atoms with Crippen LogP contribution in [-0.2, 0) is 4.79 Å². The second kappa shape index (κ2) is 6.41. The number of rotatable bonds is 3. The first kappa shape index (κ1) is 15.1. The molecular weight excluding hydrogens is 262 g/mol. The molecular formula is C13H23N3O4. The summed E-state index contributed by atoms with van der Waals surface area (Å²) in [7, 11) is 2.04. The standard InChI is InChI=1S/C13H23N3O4/c1-15-5-3-2-4-9(15)7-14-13(20)16-8-10(17)6-11(16)12(18)19/h9-11,17H,2-8H2,1H3,(H,14,20)(H,18,19). The van der Waals surface area contributed by atoms with Gasteiger partial charge in [-0.1, -0.05) is 6.42 Å². The third-order valence-corrected chi connectivity index (χ3v) is 4.24. The molecule has 0 aromatic carbocycles. The predicted octanol–water partition coefficient (Wildman–Crippen LogP) is -0.300. The van der Waals surface area contributed by atoms with Crippen molar-refractivity contribution in [2.45, 2.75) is 43.9 Å². The number of carboxylic acids is 1. The fourth-order valence-corrected chi connectivity index (χ4v) is 2.98. The number of amides is 2. The lowest BCUT2D eigenvalue weighted by atomic mass is 10.0. The number of hydrogen-bond donors (Lipinski definition) is 3. The van der Waals surface area contributed by atoms with Gasteiger partial charge in [-0.15, -0.1) is 0 Å². The van der Waals surface area contributed by atoms with E-state index in [9.17, 15) is 14.7 Å². The largest absolute Gasteiger partial charge is 0.480 e. The molecule has 0 aromatic heterocycles. The van der Waals surface area contributed by atoms with Crippen LogP contribution in [0.5, 0.6) is 0 Å². The van der Waals surface area contributed by atoms with Gasteiger partial charge in [-0.25, -0.2) is 9.59 Å². The summed E-state index contributed by atoms with van der Waals surface area (Å²) in [4.78, 5) is 26.6. The van der Waals surface area contributed by atoms with Crippen LogP contribution in [0.1, 0.15) is 25.7 Å². The van der Waals surface area contributed by atoms with Gasteiger partial charge in [0.25, 0.3) is 0 Å². The molecule has 3 N–H and O–H groups in total. The number of β-amino-alcohol motifs (C(OH)–C–C–N with tert-alkyl or cyclic N) is 1. The molecule has 7 heteroatoms. The zero-order valence-electron chi connectivity index (χ0n) is 11.8. The van der Waals surface area contributed by atoms with Crippen molar-refractivity contribution in [3.05, 3.63) is 0 Å². The molecule has 2 rings (SSSR count). The Hall–Kier alpha value is -1.34. The van der Waals surface area contributed by atoms with Crippen molar-refractivity contribution in [3.63, 3.8) is 0 Å². The SMILES string of the molecule is CN1CCCCC1CNC(=O)N1CC(O)CC1C(=O)O. The number of likely N-dealkylation sites (N-methyl/N-ethyl adjacent to an activating group) is 1. The molecule has 2 amide bonds. The Kier molecular flexibility index (Phi) is 4.82. The molecule has 2 fully saturated rings. The number of carboxylic acid groups (broad SMARTS) is 1. The van der Waals surface area contributed by atoms with E-state index in [0.717, 1.165) is 19.4 Å². The summed E-state index contributed by atoms with van der Waals surface area (Å²) in [5, 5.41) is 21.4. The molecule has 2 aliphatic rings. The molecule has 3 atom stereocenters. The van der Waals surface area contributed by atoms with Crippen molar-refractivity contribution in [1.82, 2.24) is 15.1 Å². The van der Waals surface area contributed by atoms with E-state index in [0.29, 0.717) is 12.6 Å². The monoisotopic (exact) mass is 285 g/mol. The number of aliphatic hydroxyl groups is 1. The number of nitrogens with zero attached hydrogens (tertiary/aromatic N) is 2. The van der Waals surface area contributed by atoms with Crippen molar-refractivity contribution < 1.29 is 19.8 Å². The maximum Gasteiger partial charge on any atom is 0.326 e. The zero-order chi connectivity index (χ0) is 14.7. The van der Waals surface area contributed by atoms with E-state index in [-0.39, 0.29) is 13.0 Å². The molecule has 3 unspecified atom stereocenters. The Labute approximate surface area is 118 Å². The van der Waals surface area contributed by atoms with Gasteiger partial charge < -0.3 is 25.3 Å². The summed E-state index contributed by atoms with van der Waals surface area (Å²) in [6.45, 7) is 1.64. The van der Waals surface area contributed by atoms with E-state index in [2.05, 4.69) is 10.2 Å². The Bertz CT molecular complexity index is 377. The molecule has 2 aliphatic heterocycles. The Balaban J connectivity index is 1.86. The van der Waals surface area contributed by atoms with Crippen LogP contribution in [0.25, 0.3) is 0 Å². The van der Waals surface area contributed by atoms with E-state index >= 15 is 0 Å². The van der Waals surface area contributed by atoms with Crippen LogP contribution < -0.4 is 5.32 Å². The van der Waals surface area contributed by atoms with Gasteiger partial charge in [0, 0.05) is 25.6 Å². The van der Waals surface area contributed by atoms with Crippen LogP contribution >= 0.6 is 0 Å². The van der Waals surface area contributed by atoms with Crippen LogP contribution in [-0.4, -0.2) is 76.9 Å². The van der Waals surface area contributed by atoms with Gasteiger partial charge in [-0.3, -0.25) is 0 Å². The average Bonchev–Trinajstić information content (AvgIpc) is 2.80. The summed E-state index contributed by atoms with van der Waals surface area (Å²) in [5.41, 5.74) is 0. The molecule has 114 valence electrons. The minimum absolute atomic E-state index is 0.0866. The second-order valence-corrected chi connectivity index (χ2v) is 5.71. The summed E-state index contributed by atoms with van der Waals surface area (Å²) in [6, 6.07) is -1.01. The smallest absolute Gasteiger partial charge is 0.326 e. The minimum atomic E-state index is -1.06. The third kappa shape index (κ3) is 3.40. The fourth-order valence-electron chi connectivity index (χ4n) is 2.98. The predicted molar refractivity (Wildman–Crippen MR) is 72.4 cm³/mol. The van der Waals surface area contributed by atoms with Gasteiger partial charge in [0.15, 0.2) is 0 Å². The third-order valence-electron chi connectivity index (χ3n) is 4.24. The Morgan fingerprint density at radius 1 is 1.35 bits per heavy atom. The maximum absolute atomic E-state index is 12.1. The Morgan fingerprint density at radius 3 is 2.75 bits per heavy atom. The van der Waals surface area contributed by atoms with Crippen LogP contribution in [0.2, 0.25) is 0 Å². The quantitative estimate of drug-likeness (QED) is 0.662. The van der Waals surface area contributed by atoms with Crippen molar-refractivity contribution in [2.24, 2.45) is 0 Å². The second-order valence-electron chi connectivity index (χ2n) is 5.71. The number of aliphatic carboxylic acids is 1. The first-order valence-electron chi connectivity index (χ1n) is 7.14. The summed E-state index contributed by atoms with van der Waals surface area (Å²) < 4.78 is 0. The van der Waals surface area contributed by atoms with E-state index in [4.69, 9.17) is 5.11 Å². The highest BCUT2D eigenvalue weighted by Crippen LogP contribution is 2.19. The van der Waals surface area contributed by atoms with E-state index < -0.39 is 24.1 Å². The topological polar surface area (TPSA) is 93.1 Å². The van der Waals surface area contributed by atoms with Crippen molar-refractivity contribution in [1.29, 1.82) is 0 Å². The molecule has 0 saturated carbocycles. The molecule has 0 bridgehead atoms. The fraction of sp³-hybridized carbons (Fsp3) is 0.846. The number of carbonyl (C=O) groups is 2. The first-order valence-corrected chi connectivity index (χ1v) is 7.14. The van der Waals surface area contributed by atoms with Gasteiger partial charge in [-0.05, 0) is 26.4 Å². The highest BCUT2D eigenvalue weighted by molar-refractivity contribution is 5.83. The molecule has 0 aliphatic carbocycles. The highest BCUT2D eigenvalue weighted by atomic mass is 16.4. The number of urea groups is 1. The van der Waals surface area contributed by atoms with Gasteiger partial charge in [-0.2, -0.15) is 0 Å². The van der Waals surface area contributed by atoms with Gasteiger partial charge in [0.05, 0.1) is 6.10 Å². The van der Waals surface area contributed by atoms with E-state index in [1.54, 1.807) is 0 Å². The van der Waals surface area contributed by atoms with Crippen molar-refractivity contribution in [3.8, 4) is 0 Å². The first-order chi connectivity index (χ1) is 9.49. The maximum atomic E-state index is 12.1. The van der Waals surface area contributed by atoms with Crippen LogP contribution in [0.3, 0.4) is 0 Å². The highest BCUT2D eigenvalue weighted by Gasteiger charge is 2.39. The van der Waals surface area contributed by atoms with Crippen LogP contribution in [0.15, 0.2) is 0 Å². The number of carbonyl (C=O) groups excluding carboxylic acids is 1. The number of piperidine rings is 1. The lowest BCUT2D eigenvalue weighted by Crippen LogP contribution is -2.50. The van der Waals surface area contributed by atoms with Crippen molar-refractivity contribution >= 4 is 12.0 Å². The van der Waals surface area contributed by atoms with E-state index in [1.807, 2.05) is 7.05 Å². The lowest BCUT2D eigenvalue weighted by molar-refractivity contribution is -0.141. The Morgan fingerprint density at radius 2 is 2.10 bits per heavy atom. The summed E-state index contributed by atoms with van der Waals surface area (Å²) in [5.74, 6) is -1.06. The molecule has 0 radical (unpaired) electrons. The summed E-state index contributed by atoms with van der Waals surface area (Å²) in [6.07, 6.45) is 2.73. The van der Waals surface area contributed by atoms with Crippen LogP contribution in [0, 0.1) is 0 Å². The normalized spacial score (nSPS) is 31.3. The van der Waals surface area contributed by atoms with Gasteiger partial charge >= 0.3 is 12.0 Å². The number of nitrogens with one attached hydrogen (secondary N) is 1. The van der Waals surface area contributed by atoms with Crippen LogP contribution in [0.4, 0.5) is 4.79 Å². The number of aliphatic hydroxyl groups excluding tert-OH is 1. The zero-order valence-corrected chi connectivity index (χ0v) is 11.8. The van der Waals surface area contributed by atoms with Crippen molar-refractivity contribution in [2.75, 3.05) is 26.7 Å². The molecule has 0 spiro atoms. The van der Waals surface area contributed by atoms with Gasteiger partial charge in [0.1, 0.15) is 6.04 Å². The number of likely N-dealkylation sites (tertiary alicyclic amines) is 2.